The number of hydrogen-bond donors (Lipinski definition) is 1. The molecular formula is C11H8ClF3N4O. The number of amides is 1. The van der Waals surface area contributed by atoms with Crippen LogP contribution in [0.15, 0.2) is 24.5 Å². The van der Waals surface area contributed by atoms with Gasteiger partial charge >= 0.3 is 6.18 Å². The van der Waals surface area contributed by atoms with Crippen molar-refractivity contribution in [1.82, 2.24) is 14.8 Å². The minimum Gasteiger partial charge on any atom is -0.320 e. The van der Waals surface area contributed by atoms with E-state index in [2.05, 4.69) is 15.4 Å². The predicted molar refractivity (Wildman–Crippen MR) is 65.4 cm³/mol. The summed E-state index contributed by atoms with van der Waals surface area (Å²) in [4.78, 5) is 15.6. The highest BCUT2D eigenvalue weighted by atomic mass is 35.5. The highest BCUT2D eigenvalue weighted by molar-refractivity contribution is 6.34. The van der Waals surface area contributed by atoms with Crippen molar-refractivity contribution in [3.8, 4) is 0 Å². The van der Waals surface area contributed by atoms with Gasteiger partial charge in [0.15, 0.2) is 11.4 Å². The molecule has 20 heavy (non-hydrogen) atoms. The Bertz CT molecular complexity index is 639. The first-order valence-electron chi connectivity index (χ1n) is 5.31. The lowest BCUT2D eigenvalue weighted by atomic mass is 10.3. The number of carbonyl (C=O) groups excluding carboxylic acids is 1. The number of nitrogens with zero attached hydrogens (tertiary/aromatic N) is 3. The molecular weight excluding hydrogens is 297 g/mol. The van der Waals surface area contributed by atoms with Gasteiger partial charge in [-0.3, -0.25) is 14.5 Å². The second kappa shape index (κ2) is 5.12. The summed E-state index contributed by atoms with van der Waals surface area (Å²) < 4.78 is 38.7. The molecule has 2 aromatic heterocycles. The van der Waals surface area contributed by atoms with Gasteiger partial charge in [0.1, 0.15) is 5.02 Å². The highest BCUT2D eigenvalue weighted by Crippen LogP contribution is 2.36. The molecule has 0 saturated heterocycles. The van der Waals surface area contributed by atoms with Gasteiger partial charge in [0, 0.05) is 25.1 Å². The number of carbonyl (C=O) groups is 1. The Morgan fingerprint density at radius 3 is 2.45 bits per heavy atom. The normalized spacial score (nSPS) is 11.4. The summed E-state index contributed by atoms with van der Waals surface area (Å²) in [7, 11) is 1.07. The summed E-state index contributed by atoms with van der Waals surface area (Å²) in [6.07, 6.45) is -1.83. The van der Waals surface area contributed by atoms with E-state index >= 15 is 0 Å². The van der Waals surface area contributed by atoms with E-state index in [-0.39, 0.29) is 0 Å². The maximum absolute atomic E-state index is 12.7. The molecule has 2 heterocycles. The minimum atomic E-state index is -4.69. The number of pyridine rings is 1. The molecule has 5 nitrogen and oxygen atoms in total. The zero-order chi connectivity index (χ0) is 14.9. The first kappa shape index (κ1) is 14.3. The van der Waals surface area contributed by atoms with Crippen LogP contribution in [0.1, 0.15) is 16.2 Å². The van der Waals surface area contributed by atoms with Gasteiger partial charge in [-0.1, -0.05) is 11.6 Å². The molecule has 0 aromatic carbocycles. The monoisotopic (exact) mass is 304 g/mol. The molecule has 9 heteroatoms. The van der Waals surface area contributed by atoms with Crippen LogP contribution in [-0.2, 0) is 13.2 Å². The smallest absolute Gasteiger partial charge is 0.320 e. The summed E-state index contributed by atoms with van der Waals surface area (Å²) in [5.41, 5.74) is -1.28. The lowest BCUT2D eigenvalue weighted by molar-refractivity contribution is -0.143. The third-order valence-corrected chi connectivity index (χ3v) is 2.77. The number of nitrogens with one attached hydrogen (secondary N) is 1. The SMILES string of the molecule is Cn1nc(C(=O)Nc2ccncc2)c(Cl)c1C(F)(F)F. The summed E-state index contributed by atoms with van der Waals surface area (Å²) in [5, 5.41) is 5.16. The third-order valence-electron chi connectivity index (χ3n) is 2.41. The zero-order valence-electron chi connectivity index (χ0n) is 10.1. The summed E-state index contributed by atoms with van der Waals surface area (Å²) in [6.45, 7) is 0. The lowest BCUT2D eigenvalue weighted by Crippen LogP contribution is -2.13. The molecule has 2 aromatic rings. The number of aryl methyl sites for hydroxylation is 1. The number of rotatable bonds is 2. The fourth-order valence-corrected chi connectivity index (χ4v) is 1.93. The first-order valence-corrected chi connectivity index (χ1v) is 5.69. The molecule has 0 aliphatic carbocycles. The summed E-state index contributed by atoms with van der Waals surface area (Å²) in [6, 6.07) is 2.97. The van der Waals surface area contributed by atoms with Gasteiger partial charge in [-0.2, -0.15) is 18.3 Å². The second-order valence-electron chi connectivity index (χ2n) is 3.82. The van der Waals surface area contributed by atoms with E-state index < -0.39 is 28.5 Å². The van der Waals surface area contributed by atoms with Crippen LogP contribution in [0.2, 0.25) is 5.02 Å². The first-order chi connectivity index (χ1) is 9.30. The molecule has 0 saturated carbocycles. The average molecular weight is 305 g/mol. The van der Waals surface area contributed by atoms with Crippen molar-refractivity contribution in [2.75, 3.05) is 5.32 Å². The van der Waals surface area contributed by atoms with Gasteiger partial charge in [-0.15, -0.1) is 0 Å². The van der Waals surface area contributed by atoms with Gasteiger partial charge in [-0.25, -0.2) is 0 Å². The van der Waals surface area contributed by atoms with Gasteiger partial charge in [0.05, 0.1) is 0 Å². The van der Waals surface area contributed by atoms with Crippen LogP contribution in [0.5, 0.6) is 0 Å². The average Bonchev–Trinajstić information content (AvgIpc) is 2.65. The standard InChI is InChI=1S/C11H8ClF3N4O/c1-19-9(11(13,14)15)7(12)8(18-19)10(20)17-6-2-4-16-5-3-6/h2-5H,1H3,(H,16,17,20). The van der Waals surface area contributed by atoms with E-state index in [0.717, 1.165) is 7.05 Å². The van der Waals surface area contributed by atoms with E-state index in [4.69, 9.17) is 11.6 Å². The van der Waals surface area contributed by atoms with Gasteiger partial charge in [-0.05, 0) is 12.1 Å². The molecule has 0 radical (unpaired) electrons. The molecule has 0 bridgehead atoms. The Labute approximate surface area is 116 Å². The van der Waals surface area contributed by atoms with Gasteiger partial charge < -0.3 is 5.32 Å². The van der Waals surface area contributed by atoms with Crippen molar-refractivity contribution >= 4 is 23.2 Å². The van der Waals surface area contributed by atoms with E-state index in [1.54, 1.807) is 0 Å². The molecule has 0 unspecified atom stereocenters. The van der Waals surface area contributed by atoms with Crippen LogP contribution in [0.3, 0.4) is 0 Å². The van der Waals surface area contributed by atoms with E-state index in [1.807, 2.05) is 0 Å². The Kier molecular flexibility index (Phi) is 3.67. The Morgan fingerprint density at radius 2 is 1.95 bits per heavy atom. The third kappa shape index (κ3) is 2.74. The molecule has 1 amide bonds. The van der Waals surface area contributed by atoms with Gasteiger partial charge in [0.2, 0.25) is 0 Å². The van der Waals surface area contributed by atoms with Crippen molar-refractivity contribution in [1.29, 1.82) is 0 Å². The number of halogens is 4. The Hall–Kier alpha value is -2.09. The van der Waals surface area contributed by atoms with Crippen LogP contribution in [0, 0.1) is 0 Å². The van der Waals surface area contributed by atoms with Crippen molar-refractivity contribution < 1.29 is 18.0 Å². The maximum atomic E-state index is 12.7. The van der Waals surface area contributed by atoms with Crippen LogP contribution in [-0.4, -0.2) is 20.7 Å². The maximum Gasteiger partial charge on any atom is 0.434 e. The van der Waals surface area contributed by atoms with E-state index in [9.17, 15) is 18.0 Å². The molecule has 1 N–H and O–H groups in total. The molecule has 0 fully saturated rings. The van der Waals surface area contributed by atoms with Crippen molar-refractivity contribution in [2.45, 2.75) is 6.18 Å². The van der Waals surface area contributed by atoms with Crippen molar-refractivity contribution in [3.63, 3.8) is 0 Å². The van der Waals surface area contributed by atoms with Gasteiger partial charge in [0.25, 0.3) is 5.91 Å². The summed E-state index contributed by atoms with van der Waals surface area (Å²) in [5.74, 6) is -0.827. The molecule has 0 spiro atoms. The zero-order valence-corrected chi connectivity index (χ0v) is 10.8. The quantitative estimate of drug-likeness (QED) is 0.928. The number of aromatic nitrogens is 3. The fraction of sp³-hybridized carbons (Fsp3) is 0.182. The molecule has 2 rings (SSSR count). The lowest BCUT2D eigenvalue weighted by Gasteiger charge is -2.06. The van der Waals surface area contributed by atoms with E-state index in [1.165, 1.54) is 24.5 Å². The minimum absolute atomic E-state index is 0.375. The van der Waals surface area contributed by atoms with Crippen LogP contribution < -0.4 is 5.32 Å². The van der Waals surface area contributed by atoms with Crippen LogP contribution in [0.25, 0.3) is 0 Å². The predicted octanol–water partition coefficient (Wildman–Crippen LogP) is 2.74. The Balaban J connectivity index is 2.33. The fourth-order valence-electron chi connectivity index (χ4n) is 1.58. The number of anilines is 1. The largest absolute Gasteiger partial charge is 0.434 e. The van der Waals surface area contributed by atoms with Crippen molar-refractivity contribution in [2.24, 2.45) is 7.05 Å². The number of hydrogen-bond acceptors (Lipinski definition) is 3. The van der Waals surface area contributed by atoms with E-state index in [0.29, 0.717) is 10.4 Å². The van der Waals surface area contributed by atoms with Crippen LogP contribution >= 0.6 is 11.6 Å². The molecule has 0 aliphatic rings. The number of alkyl halides is 3. The van der Waals surface area contributed by atoms with Crippen molar-refractivity contribution in [3.05, 3.63) is 40.9 Å². The Morgan fingerprint density at radius 1 is 1.35 bits per heavy atom. The highest BCUT2D eigenvalue weighted by Gasteiger charge is 2.39. The summed E-state index contributed by atoms with van der Waals surface area (Å²) >= 11 is 5.60. The molecule has 0 atom stereocenters. The second-order valence-corrected chi connectivity index (χ2v) is 4.20. The van der Waals surface area contributed by atoms with Crippen LogP contribution in [0.4, 0.5) is 18.9 Å². The topological polar surface area (TPSA) is 59.8 Å². The molecule has 106 valence electrons. The molecule has 0 aliphatic heterocycles.